The lowest BCUT2D eigenvalue weighted by atomic mass is 9.86. The molecule has 4 atom stereocenters. The fraction of sp³-hybridized carbons (Fsp3) is 0.423. The highest BCUT2D eigenvalue weighted by atomic mass is 32.1. The molecule has 1 saturated heterocycles. The highest BCUT2D eigenvalue weighted by Crippen LogP contribution is 2.49. The van der Waals surface area contributed by atoms with Crippen molar-refractivity contribution in [3.05, 3.63) is 75.1 Å². The Hall–Kier alpha value is -2.81. The Kier molecular flexibility index (Phi) is 5.59. The quantitative estimate of drug-likeness (QED) is 0.548. The summed E-state index contributed by atoms with van der Waals surface area (Å²) in [5, 5.41) is 16.5. The third-order valence-electron chi connectivity index (χ3n) is 7.62. The SMILES string of the molecule is O=C(NCC1CC1)[C@H]1[C@H](CO)[C@H]2Cn3c(ccc(-c4ccccc4)c3=O)[C@@H]1N2Cc1nccs1. The van der Waals surface area contributed by atoms with Gasteiger partial charge in [0.25, 0.3) is 5.56 Å². The van der Waals surface area contributed by atoms with Crippen LogP contribution in [-0.2, 0) is 17.9 Å². The van der Waals surface area contributed by atoms with E-state index in [0.717, 1.165) is 29.1 Å². The minimum absolute atomic E-state index is 0.0179. The number of carbonyl (C=O) groups excluding carboxylic acids is 1. The molecule has 0 spiro atoms. The Labute approximate surface area is 202 Å². The van der Waals surface area contributed by atoms with E-state index < -0.39 is 5.92 Å². The molecule has 8 heteroatoms. The zero-order chi connectivity index (χ0) is 23.2. The average Bonchev–Trinajstić information content (AvgIpc) is 3.50. The van der Waals surface area contributed by atoms with E-state index >= 15 is 0 Å². The molecule has 3 aromatic rings. The van der Waals surface area contributed by atoms with Crippen molar-refractivity contribution in [1.82, 2.24) is 19.8 Å². The number of rotatable bonds is 7. The zero-order valence-corrected chi connectivity index (χ0v) is 19.7. The van der Waals surface area contributed by atoms with Gasteiger partial charge in [-0.15, -0.1) is 11.3 Å². The van der Waals surface area contributed by atoms with Crippen molar-refractivity contribution < 1.29 is 9.90 Å². The molecule has 1 aromatic carbocycles. The second-order valence-electron chi connectivity index (χ2n) is 9.62. The molecule has 2 aromatic heterocycles. The smallest absolute Gasteiger partial charge is 0.258 e. The van der Waals surface area contributed by atoms with Crippen LogP contribution >= 0.6 is 11.3 Å². The summed E-state index contributed by atoms with van der Waals surface area (Å²) in [5.41, 5.74) is 2.36. The van der Waals surface area contributed by atoms with Crippen molar-refractivity contribution in [3.63, 3.8) is 0 Å². The Bertz CT molecular complexity index is 1240. The Morgan fingerprint density at radius 1 is 1.18 bits per heavy atom. The summed E-state index contributed by atoms with van der Waals surface area (Å²) in [4.78, 5) is 33.9. The number of nitrogens with zero attached hydrogens (tertiary/aromatic N) is 3. The molecule has 2 fully saturated rings. The first-order chi connectivity index (χ1) is 16.7. The second-order valence-corrected chi connectivity index (χ2v) is 10.6. The molecule has 4 heterocycles. The first-order valence-electron chi connectivity index (χ1n) is 12.0. The third-order valence-corrected chi connectivity index (χ3v) is 8.39. The monoisotopic (exact) mass is 476 g/mol. The maximum absolute atomic E-state index is 13.6. The van der Waals surface area contributed by atoms with Gasteiger partial charge < -0.3 is 15.0 Å². The van der Waals surface area contributed by atoms with E-state index in [4.69, 9.17) is 0 Å². The van der Waals surface area contributed by atoms with Crippen LogP contribution < -0.4 is 10.9 Å². The number of fused-ring (bicyclic) bond motifs is 4. The summed E-state index contributed by atoms with van der Waals surface area (Å²) in [6.07, 6.45) is 4.12. The normalized spacial score (nSPS) is 25.8. The maximum atomic E-state index is 13.6. The largest absolute Gasteiger partial charge is 0.396 e. The summed E-state index contributed by atoms with van der Waals surface area (Å²) >= 11 is 1.59. The van der Waals surface area contributed by atoms with Crippen LogP contribution in [0.2, 0.25) is 0 Å². The van der Waals surface area contributed by atoms with Crippen molar-refractivity contribution >= 4 is 17.2 Å². The number of thiazole rings is 1. The molecule has 0 radical (unpaired) electrons. The van der Waals surface area contributed by atoms with E-state index in [1.54, 1.807) is 17.5 Å². The molecule has 176 valence electrons. The van der Waals surface area contributed by atoms with Crippen LogP contribution in [-0.4, -0.2) is 44.7 Å². The lowest BCUT2D eigenvalue weighted by Gasteiger charge is -2.37. The number of aliphatic hydroxyl groups is 1. The van der Waals surface area contributed by atoms with Gasteiger partial charge in [0.1, 0.15) is 5.01 Å². The number of hydrogen-bond donors (Lipinski definition) is 2. The van der Waals surface area contributed by atoms with Crippen LogP contribution in [0.1, 0.15) is 29.6 Å². The van der Waals surface area contributed by atoms with E-state index in [1.165, 1.54) is 0 Å². The van der Waals surface area contributed by atoms with Crippen LogP contribution in [0.25, 0.3) is 11.1 Å². The number of hydrogen-bond acceptors (Lipinski definition) is 6. The minimum atomic E-state index is -0.413. The van der Waals surface area contributed by atoms with Gasteiger partial charge in [-0.3, -0.25) is 14.5 Å². The number of amides is 1. The first kappa shape index (κ1) is 21.7. The van der Waals surface area contributed by atoms with E-state index in [0.29, 0.717) is 31.1 Å². The maximum Gasteiger partial charge on any atom is 0.258 e. The van der Waals surface area contributed by atoms with Crippen LogP contribution in [0.15, 0.2) is 58.8 Å². The lowest BCUT2D eigenvalue weighted by Crippen LogP contribution is -2.46. The Morgan fingerprint density at radius 3 is 2.71 bits per heavy atom. The highest BCUT2D eigenvalue weighted by molar-refractivity contribution is 7.09. The number of pyridine rings is 1. The fourth-order valence-electron chi connectivity index (χ4n) is 5.75. The van der Waals surface area contributed by atoms with Crippen LogP contribution in [0.4, 0.5) is 0 Å². The number of benzene rings is 1. The molecular weight excluding hydrogens is 448 g/mol. The molecule has 1 saturated carbocycles. The summed E-state index contributed by atoms with van der Waals surface area (Å²) in [6.45, 7) is 1.65. The van der Waals surface area contributed by atoms with Crippen molar-refractivity contribution in [1.29, 1.82) is 0 Å². The molecule has 3 aliphatic rings. The van der Waals surface area contributed by atoms with Gasteiger partial charge in [-0.05, 0) is 36.5 Å². The molecule has 7 nitrogen and oxygen atoms in total. The molecule has 2 N–H and O–H groups in total. The topological polar surface area (TPSA) is 87.5 Å². The molecule has 6 rings (SSSR count). The number of carbonyl (C=O) groups is 1. The number of aliphatic hydroxyl groups excluding tert-OH is 1. The van der Waals surface area contributed by atoms with Crippen molar-refractivity contribution in [3.8, 4) is 11.1 Å². The summed E-state index contributed by atoms with van der Waals surface area (Å²) in [6, 6.07) is 13.2. The van der Waals surface area contributed by atoms with Gasteiger partial charge in [0.15, 0.2) is 0 Å². The Morgan fingerprint density at radius 2 is 2.00 bits per heavy atom. The van der Waals surface area contributed by atoms with Gasteiger partial charge in [0.05, 0.1) is 18.5 Å². The second kappa shape index (κ2) is 8.76. The third kappa shape index (κ3) is 3.70. The average molecular weight is 477 g/mol. The number of aromatic nitrogens is 2. The minimum Gasteiger partial charge on any atom is -0.396 e. The molecule has 2 bridgehead atoms. The lowest BCUT2D eigenvalue weighted by molar-refractivity contribution is -0.127. The summed E-state index contributed by atoms with van der Waals surface area (Å²) < 4.78 is 1.84. The molecule has 1 aliphatic carbocycles. The molecule has 2 aliphatic heterocycles. The Balaban J connectivity index is 1.42. The molecule has 1 amide bonds. The van der Waals surface area contributed by atoms with E-state index in [2.05, 4.69) is 15.2 Å². The van der Waals surface area contributed by atoms with Gasteiger partial charge in [-0.25, -0.2) is 4.98 Å². The standard InChI is InChI=1S/C26H28N4O3S/c31-15-19-21-13-30-20(9-8-18(26(30)33)17-4-2-1-3-5-17)24(29(21)14-22-27-10-11-34-22)23(19)25(32)28-12-16-6-7-16/h1-5,8-11,16,19,21,23-24,31H,6-7,12-15H2,(H,28,32)/t19-,21-,23+,24+/m1/s1. The van der Waals surface area contributed by atoms with Gasteiger partial charge >= 0.3 is 0 Å². The predicted molar refractivity (Wildman–Crippen MR) is 130 cm³/mol. The zero-order valence-electron chi connectivity index (χ0n) is 18.8. The van der Waals surface area contributed by atoms with Crippen molar-refractivity contribution in [2.75, 3.05) is 13.2 Å². The van der Waals surface area contributed by atoms with Gasteiger partial charge in [0, 0.05) is 54.5 Å². The number of nitrogens with one attached hydrogen (secondary N) is 1. The van der Waals surface area contributed by atoms with E-state index in [1.807, 2.05) is 52.4 Å². The molecule has 34 heavy (non-hydrogen) atoms. The van der Waals surface area contributed by atoms with Crippen LogP contribution in [0, 0.1) is 17.8 Å². The van der Waals surface area contributed by atoms with Gasteiger partial charge in [-0.1, -0.05) is 30.3 Å². The van der Waals surface area contributed by atoms with Gasteiger partial charge in [0.2, 0.25) is 5.91 Å². The predicted octanol–water partition coefficient (Wildman–Crippen LogP) is 2.66. The van der Waals surface area contributed by atoms with Crippen molar-refractivity contribution in [2.45, 2.75) is 38.0 Å². The highest BCUT2D eigenvalue weighted by Gasteiger charge is 2.55. The van der Waals surface area contributed by atoms with E-state index in [9.17, 15) is 14.7 Å². The van der Waals surface area contributed by atoms with Crippen LogP contribution in [0.5, 0.6) is 0 Å². The summed E-state index contributed by atoms with van der Waals surface area (Å²) in [7, 11) is 0. The fourth-order valence-corrected chi connectivity index (χ4v) is 6.37. The first-order valence-corrected chi connectivity index (χ1v) is 12.9. The summed E-state index contributed by atoms with van der Waals surface area (Å²) in [5.74, 6) is -0.101. The van der Waals surface area contributed by atoms with Crippen molar-refractivity contribution in [2.24, 2.45) is 17.8 Å². The van der Waals surface area contributed by atoms with Crippen LogP contribution in [0.3, 0.4) is 0 Å². The van der Waals surface area contributed by atoms with Gasteiger partial charge in [-0.2, -0.15) is 0 Å². The molecule has 0 unspecified atom stereocenters. The molecular formula is C26H28N4O3S. The van der Waals surface area contributed by atoms with E-state index in [-0.39, 0.29) is 36.1 Å².